The number of nitrogens with zero attached hydrogens (tertiary/aromatic N) is 3. The Morgan fingerprint density at radius 2 is 2.21 bits per heavy atom. The first-order valence-corrected chi connectivity index (χ1v) is 7.08. The van der Waals surface area contributed by atoms with Crippen LogP contribution in [0.15, 0.2) is 0 Å². The zero-order valence-corrected chi connectivity index (χ0v) is 11.9. The molecule has 1 aliphatic rings. The molecule has 1 aliphatic heterocycles. The number of nitrogens with one attached hydrogen (secondary N) is 1. The third-order valence-electron chi connectivity index (χ3n) is 3.26. The van der Waals surface area contributed by atoms with Crippen LogP contribution in [0.1, 0.15) is 43.0 Å². The highest BCUT2D eigenvalue weighted by Gasteiger charge is 2.34. The molecule has 1 aromatic heterocycles. The Morgan fingerprint density at radius 3 is 2.79 bits per heavy atom. The van der Waals surface area contributed by atoms with Crippen molar-refractivity contribution in [3.63, 3.8) is 0 Å². The van der Waals surface area contributed by atoms with Crippen LogP contribution in [0.3, 0.4) is 0 Å². The minimum atomic E-state index is -1.02. The monoisotopic (exact) mass is 286 g/mol. The number of imidazole rings is 1. The van der Waals surface area contributed by atoms with Crippen molar-refractivity contribution >= 4 is 23.3 Å². The molecule has 2 heterocycles. The molecule has 2 N–H and O–H groups in total. The Hall–Kier alpha value is -1.27. The third kappa shape index (κ3) is 2.42. The molecule has 1 aromatic rings. The molecule has 0 saturated heterocycles. The maximum atomic E-state index is 12.0. The molecule has 7 heteroatoms. The predicted octanol–water partition coefficient (Wildman–Crippen LogP) is 1.27. The fourth-order valence-corrected chi connectivity index (χ4v) is 2.49. The average Bonchev–Trinajstić information content (AvgIpc) is 2.77. The van der Waals surface area contributed by atoms with Gasteiger partial charge in [-0.2, -0.15) is 0 Å². The number of anilines is 1. The van der Waals surface area contributed by atoms with Gasteiger partial charge in [-0.1, -0.05) is 13.3 Å². The molecule has 0 radical (unpaired) electrons. The SMILES string of the molecule is CCCCN1c2nc(CCl)n(CC)c2C(=O)NC1O. The summed E-state index contributed by atoms with van der Waals surface area (Å²) >= 11 is 5.87. The summed E-state index contributed by atoms with van der Waals surface area (Å²) in [6, 6.07) is 0. The average molecular weight is 287 g/mol. The van der Waals surface area contributed by atoms with E-state index in [0.29, 0.717) is 30.4 Å². The van der Waals surface area contributed by atoms with E-state index in [9.17, 15) is 9.90 Å². The maximum absolute atomic E-state index is 12.0. The minimum Gasteiger partial charge on any atom is -0.356 e. The van der Waals surface area contributed by atoms with E-state index in [1.165, 1.54) is 0 Å². The summed E-state index contributed by atoms with van der Waals surface area (Å²) in [6.45, 7) is 5.28. The standard InChI is InChI=1S/C12H19ClN4O2/c1-3-5-6-17-10-9(11(18)15-12(17)19)16(4-2)8(7-13)14-10/h12,19H,3-7H2,1-2H3,(H,15,18). The molecule has 0 aromatic carbocycles. The second-order valence-corrected chi connectivity index (χ2v) is 4.74. The van der Waals surface area contributed by atoms with Crippen LogP contribution in [0.25, 0.3) is 0 Å². The lowest BCUT2D eigenvalue weighted by Crippen LogP contribution is -2.53. The van der Waals surface area contributed by atoms with Gasteiger partial charge in [-0.25, -0.2) is 4.98 Å². The topological polar surface area (TPSA) is 70.4 Å². The lowest BCUT2D eigenvalue weighted by Gasteiger charge is -2.33. The molecule has 1 unspecified atom stereocenters. The Bertz CT molecular complexity index is 475. The number of fused-ring (bicyclic) bond motifs is 1. The smallest absolute Gasteiger partial charge is 0.275 e. The van der Waals surface area contributed by atoms with Crippen LogP contribution in [0, 0.1) is 0 Å². The highest BCUT2D eigenvalue weighted by atomic mass is 35.5. The number of aliphatic hydroxyl groups excluding tert-OH is 1. The van der Waals surface area contributed by atoms with Gasteiger partial charge >= 0.3 is 0 Å². The molecule has 0 saturated carbocycles. The molecule has 6 nitrogen and oxygen atoms in total. The fourth-order valence-electron chi connectivity index (χ4n) is 2.29. The quantitative estimate of drug-likeness (QED) is 0.800. The molecule has 1 amide bonds. The summed E-state index contributed by atoms with van der Waals surface area (Å²) in [4.78, 5) is 18.1. The Labute approximate surface area is 117 Å². The lowest BCUT2D eigenvalue weighted by atomic mass is 10.2. The Kier molecular flexibility index (Phi) is 4.31. The van der Waals surface area contributed by atoms with Crippen molar-refractivity contribution in [2.24, 2.45) is 0 Å². The maximum Gasteiger partial charge on any atom is 0.275 e. The number of carbonyl (C=O) groups excluding carboxylic acids is 1. The van der Waals surface area contributed by atoms with Crippen LogP contribution in [-0.4, -0.2) is 33.5 Å². The number of aliphatic hydroxyl groups is 1. The first-order chi connectivity index (χ1) is 9.13. The number of unbranched alkanes of at least 4 members (excludes halogenated alkanes) is 1. The summed E-state index contributed by atoms with van der Waals surface area (Å²) in [5.74, 6) is 1.12. The number of hydrogen-bond acceptors (Lipinski definition) is 4. The van der Waals surface area contributed by atoms with Crippen molar-refractivity contribution in [2.45, 2.75) is 45.5 Å². The second-order valence-electron chi connectivity index (χ2n) is 4.47. The van der Waals surface area contributed by atoms with E-state index in [2.05, 4.69) is 17.2 Å². The number of carbonyl (C=O) groups is 1. The third-order valence-corrected chi connectivity index (χ3v) is 3.50. The van der Waals surface area contributed by atoms with Gasteiger partial charge in [-0.3, -0.25) is 4.79 Å². The number of alkyl halides is 1. The van der Waals surface area contributed by atoms with E-state index in [-0.39, 0.29) is 11.8 Å². The van der Waals surface area contributed by atoms with Crippen LogP contribution >= 0.6 is 11.6 Å². The van der Waals surface area contributed by atoms with Gasteiger partial charge in [0, 0.05) is 13.1 Å². The largest absolute Gasteiger partial charge is 0.356 e. The van der Waals surface area contributed by atoms with E-state index < -0.39 is 6.35 Å². The van der Waals surface area contributed by atoms with Crippen molar-refractivity contribution in [3.05, 3.63) is 11.5 Å². The van der Waals surface area contributed by atoms with Crippen LogP contribution in [-0.2, 0) is 12.4 Å². The lowest BCUT2D eigenvalue weighted by molar-refractivity contribution is 0.0731. The highest BCUT2D eigenvalue weighted by molar-refractivity contribution is 6.16. The first kappa shape index (κ1) is 14.1. The molecule has 2 rings (SSSR count). The summed E-state index contributed by atoms with van der Waals surface area (Å²) < 4.78 is 1.79. The summed E-state index contributed by atoms with van der Waals surface area (Å²) in [6.07, 6.45) is 0.903. The summed E-state index contributed by atoms with van der Waals surface area (Å²) in [5.41, 5.74) is 0.486. The Morgan fingerprint density at radius 1 is 1.47 bits per heavy atom. The van der Waals surface area contributed by atoms with Crippen LogP contribution in [0.4, 0.5) is 5.82 Å². The van der Waals surface area contributed by atoms with Crippen molar-refractivity contribution in [1.29, 1.82) is 0 Å². The first-order valence-electron chi connectivity index (χ1n) is 6.54. The molecular weight excluding hydrogens is 268 g/mol. The predicted molar refractivity (Wildman–Crippen MR) is 73.2 cm³/mol. The van der Waals surface area contributed by atoms with E-state index >= 15 is 0 Å². The molecule has 0 spiro atoms. The normalized spacial score (nSPS) is 18.4. The molecular formula is C12H19ClN4O2. The van der Waals surface area contributed by atoms with Crippen molar-refractivity contribution < 1.29 is 9.90 Å². The van der Waals surface area contributed by atoms with E-state index in [1.54, 1.807) is 9.47 Å². The zero-order valence-electron chi connectivity index (χ0n) is 11.2. The highest BCUT2D eigenvalue weighted by Crippen LogP contribution is 2.27. The molecule has 0 fully saturated rings. The molecule has 106 valence electrons. The van der Waals surface area contributed by atoms with E-state index in [0.717, 1.165) is 12.8 Å². The molecule has 1 atom stereocenters. The Balaban J connectivity index is 2.45. The number of halogens is 1. The van der Waals surface area contributed by atoms with Crippen molar-refractivity contribution in [1.82, 2.24) is 14.9 Å². The van der Waals surface area contributed by atoms with Crippen LogP contribution in [0.5, 0.6) is 0 Å². The van der Waals surface area contributed by atoms with E-state index in [1.807, 2.05) is 6.92 Å². The number of amides is 1. The summed E-state index contributed by atoms with van der Waals surface area (Å²) in [7, 11) is 0. The van der Waals surface area contributed by atoms with Gasteiger partial charge in [0.15, 0.2) is 11.5 Å². The van der Waals surface area contributed by atoms with Gasteiger partial charge in [-0.05, 0) is 13.3 Å². The number of hydrogen-bond donors (Lipinski definition) is 2. The van der Waals surface area contributed by atoms with Gasteiger partial charge < -0.3 is 19.9 Å². The number of aromatic nitrogens is 2. The van der Waals surface area contributed by atoms with Crippen LogP contribution < -0.4 is 10.2 Å². The van der Waals surface area contributed by atoms with Gasteiger partial charge in [0.05, 0.1) is 5.88 Å². The fraction of sp³-hybridized carbons (Fsp3) is 0.667. The molecule has 0 bridgehead atoms. The van der Waals surface area contributed by atoms with Gasteiger partial charge in [0.1, 0.15) is 5.82 Å². The minimum absolute atomic E-state index is 0.242. The molecule has 0 aliphatic carbocycles. The van der Waals surface area contributed by atoms with Gasteiger partial charge in [-0.15, -0.1) is 11.6 Å². The second kappa shape index (κ2) is 5.79. The van der Waals surface area contributed by atoms with Gasteiger partial charge in [0.25, 0.3) is 5.91 Å². The number of rotatable bonds is 5. The summed E-state index contributed by atoms with van der Waals surface area (Å²) in [5, 5.41) is 12.5. The van der Waals surface area contributed by atoms with Crippen molar-refractivity contribution in [3.8, 4) is 0 Å². The van der Waals surface area contributed by atoms with Gasteiger partial charge in [0.2, 0.25) is 6.35 Å². The molecule has 19 heavy (non-hydrogen) atoms. The zero-order chi connectivity index (χ0) is 14.0. The van der Waals surface area contributed by atoms with Crippen molar-refractivity contribution in [2.75, 3.05) is 11.4 Å². The van der Waals surface area contributed by atoms with E-state index in [4.69, 9.17) is 11.6 Å². The van der Waals surface area contributed by atoms with Crippen LogP contribution in [0.2, 0.25) is 0 Å².